The lowest BCUT2D eigenvalue weighted by Gasteiger charge is -2.33. The molecule has 0 saturated carbocycles. The first-order valence-electron chi connectivity index (χ1n) is 9.94. The van der Waals surface area contributed by atoms with Crippen LogP contribution in [0.4, 0.5) is 8.78 Å². The summed E-state index contributed by atoms with van der Waals surface area (Å²) in [5, 5.41) is 0. The van der Waals surface area contributed by atoms with Crippen LogP contribution in [0.1, 0.15) is 41.4 Å². The van der Waals surface area contributed by atoms with Crippen LogP contribution >= 0.6 is 0 Å². The average Bonchev–Trinajstić information content (AvgIpc) is 2.69. The Morgan fingerprint density at radius 2 is 2.07 bits per heavy atom. The number of aromatic amines is 1. The number of nitrogens with one attached hydrogen (secondary N) is 1. The topological polar surface area (TPSA) is 86.4 Å². The first-order chi connectivity index (χ1) is 14.2. The Balaban J connectivity index is 1.52. The SMILES string of the molecule is CS(=O)(=O)N1CCc2nc(C3CCCN(Cc4ccc(F)cc4F)C3)[nH]c(=O)c2C1. The molecule has 0 radical (unpaired) electrons. The lowest BCUT2D eigenvalue weighted by atomic mass is 9.96. The lowest BCUT2D eigenvalue weighted by Crippen LogP contribution is -2.40. The fraction of sp³-hybridized carbons (Fsp3) is 0.500. The third-order valence-electron chi connectivity index (χ3n) is 5.82. The van der Waals surface area contributed by atoms with E-state index in [4.69, 9.17) is 0 Å². The summed E-state index contributed by atoms with van der Waals surface area (Å²) in [5.74, 6) is -0.574. The summed E-state index contributed by atoms with van der Waals surface area (Å²) in [7, 11) is -3.37. The molecule has 2 aromatic rings. The Hall–Kier alpha value is -2.17. The van der Waals surface area contributed by atoms with E-state index in [0.717, 1.165) is 31.7 Å². The van der Waals surface area contributed by atoms with Gasteiger partial charge < -0.3 is 4.98 Å². The number of halogens is 2. The molecule has 1 saturated heterocycles. The molecule has 7 nitrogen and oxygen atoms in total. The number of piperidine rings is 1. The van der Waals surface area contributed by atoms with Crippen molar-refractivity contribution in [2.24, 2.45) is 0 Å². The summed E-state index contributed by atoms with van der Waals surface area (Å²) in [4.78, 5) is 22.2. The summed E-state index contributed by atoms with van der Waals surface area (Å²) in [6.45, 7) is 2.10. The summed E-state index contributed by atoms with van der Waals surface area (Å²) >= 11 is 0. The van der Waals surface area contributed by atoms with Gasteiger partial charge in [0, 0.05) is 50.1 Å². The molecule has 0 bridgehead atoms. The van der Waals surface area contributed by atoms with Crippen molar-refractivity contribution >= 4 is 10.0 Å². The van der Waals surface area contributed by atoms with Crippen LogP contribution in [0, 0.1) is 11.6 Å². The van der Waals surface area contributed by atoms with Crippen LogP contribution in [-0.2, 0) is 29.5 Å². The van der Waals surface area contributed by atoms with E-state index in [9.17, 15) is 22.0 Å². The van der Waals surface area contributed by atoms with Crippen molar-refractivity contribution in [3.63, 3.8) is 0 Å². The molecule has 10 heteroatoms. The van der Waals surface area contributed by atoms with E-state index in [1.54, 1.807) is 0 Å². The molecule has 30 heavy (non-hydrogen) atoms. The van der Waals surface area contributed by atoms with Gasteiger partial charge in [0.15, 0.2) is 0 Å². The second-order valence-electron chi connectivity index (χ2n) is 8.03. The number of hydrogen-bond donors (Lipinski definition) is 1. The van der Waals surface area contributed by atoms with Crippen molar-refractivity contribution in [2.45, 2.75) is 38.3 Å². The number of hydrogen-bond acceptors (Lipinski definition) is 5. The van der Waals surface area contributed by atoms with Crippen LogP contribution in [-0.4, -0.2) is 53.5 Å². The highest BCUT2D eigenvalue weighted by atomic mass is 32.2. The van der Waals surface area contributed by atoms with E-state index >= 15 is 0 Å². The molecule has 1 aromatic heterocycles. The van der Waals surface area contributed by atoms with Gasteiger partial charge >= 0.3 is 0 Å². The van der Waals surface area contributed by atoms with Crippen LogP contribution in [0.25, 0.3) is 0 Å². The second kappa shape index (κ2) is 8.16. The zero-order chi connectivity index (χ0) is 21.5. The number of benzene rings is 1. The molecule has 1 atom stereocenters. The normalized spacial score (nSPS) is 20.8. The molecule has 0 amide bonds. The molecule has 2 aliphatic rings. The first kappa shape index (κ1) is 21.1. The van der Waals surface area contributed by atoms with Crippen LogP contribution in [0.15, 0.2) is 23.0 Å². The van der Waals surface area contributed by atoms with Gasteiger partial charge in [-0.15, -0.1) is 0 Å². The number of aromatic nitrogens is 2. The molecule has 3 heterocycles. The maximum absolute atomic E-state index is 14.0. The molecule has 1 fully saturated rings. The van der Waals surface area contributed by atoms with Gasteiger partial charge in [0.05, 0.1) is 17.5 Å². The number of fused-ring (bicyclic) bond motifs is 1. The first-order valence-corrected chi connectivity index (χ1v) is 11.8. The minimum atomic E-state index is -3.37. The van der Waals surface area contributed by atoms with E-state index in [2.05, 4.69) is 14.9 Å². The molecule has 2 aliphatic heterocycles. The van der Waals surface area contributed by atoms with Crippen molar-refractivity contribution in [3.05, 3.63) is 62.8 Å². The van der Waals surface area contributed by atoms with Gasteiger partial charge in [-0.3, -0.25) is 9.69 Å². The minimum absolute atomic E-state index is 0.00630. The largest absolute Gasteiger partial charge is 0.310 e. The number of H-pyrrole nitrogens is 1. The number of rotatable bonds is 4. The molecule has 162 valence electrons. The van der Waals surface area contributed by atoms with Gasteiger partial charge in [0.1, 0.15) is 17.5 Å². The van der Waals surface area contributed by atoms with E-state index in [1.807, 2.05) is 0 Å². The van der Waals surface area contributed by atoms with Gasteiger partial charge in [-0.1, -0.05) is 6.07 Å². The number of likely N-dealkylation sites (tertiary alicyclic amines) is 1. The molecular formula is C20H24F2N4O3S. The fourth-order valence-corrected chi connectivity index (χ4v) is 5.00. The van der Waals surface area contributed by atoms with Crippen molar-refractivity contribution in [1.82, 2.24) is 19.2 Å². The highest BCUT2D eigenvalue weighted by Crippen LogP contribution is 2.27. The van der Waals surface area contributed by atoms with Gasteiger partial charge in [0.2, 0.25) is 10.0 Å². The minimum Gasteiger partial charge on any atom is -0.310 e. The fourth-order valence-electron chi connectivity index (χ4n) is 4.21. The predicted molar refractivity (Wildman–Crippen MR) is 107 cm³/mol. The second-order valence-corrected chi connectivity index (χ2v) is 10.0. The average molecular weight is 439 g/mol. The zero-order valence-corrected chi connectivity index (χ0v) is 17.5. The molecule has 0 aliphatic carbocycles. The Kier molecular flexibility index (Phi) is 5.73. The third kappa shape index (κ3) is 4.45. The monoisotopic (exact) mass is 438 g/mol. The Morgan fingerprint density at radius 3 is 2.80 bits per heavy atom. The Labute approximate surface area is 173 Å². The van der Waals surface area contributed by atoms with Crippen LogP contribution in [0.2, 0.25) is 0 Å². The predicted octanol–water partition coefficient (Wildman–Crippen LogP) is 1.75. The molecule has 0 spiro atoms. The van der Waals surface area contributed by atoms with Gasteiger partial charge in [0.25, 0.3) is 5.56 Å². The number of sulfonamides is 1. The highest BCUT2D eigenvalue weighted by Gasteiger charge is 2.29. The van der Waals surface area contributed by atoms with E-state index < -0.39 is 21.7 Å². The highest BCUT2D eigenvalue weighted by molar-refractivity contribution is 7.88. The molecule has 1 N–H and O–H groups in total. The van der Waals surface area contributed by atoms with E-state index in [-0.39, 0.29) is 18.0 Å². The Morgan fingerprint density at radius 1 is 1.27 bits per heavy atom. The van der Waals surface area contributed by atoms with Crippen LogP contribution in [0.3, 0.4) is 0 Å². The molecule has 1 aromatic carbocycles. The van der Waals surface area contributed by atoms with E-state index in [1.165, 1.54) is 16.4 Å². The van der Waals surface area contributed by atoms with Crippen molar-refractivity contribution < 1.29 is 17.2 Å². The van der Waals surface area contributed by atoms with Gasteiger partial charge in [-0.25, -0.2) is 22.2 Å². The summed E-state index contributed by atoms with van der Waals surface area (Å²) in [5.41, 5.74) is 1.18. The van der Waals surface area contributed by atoms with E-state index in [0.29, 0.717) is 48.7 Å². The van der Waals surface area contributed by atoms with Gasteiger partial charge in [-0.05, 0) is 25.5 Å². The number of nitrogens with zero attached hydrogens (tertiary/aromatic N) is 3. The standard InChI is InChI=1S/C20H24F2N4O3S/c1-30(28,29)26-8-6-18-16(12-26)20(27)24-19(23-18)14-3-2-7-25(11-14)10-13-4-5-15(21)9-17(13)22/h4-5,9,14H,2-3,6-8,10-12H2,1H3,(H,23,24,27). The summed E-state index contributed by atoms with van der Waals surface area (Å²) in [6.07, 6.45) is 3.25. The molecule has 1 unspecified atom stereocenters. The summed E-state index contributed by atoms with van der Waals surface area (Å²) in [6, 6.07) is 3.60. The zero-order valence-electron chi connectivity index (χ0n) is 16.7. The van der Waals surface area contributed by atoms with Crippen LogP contribution < -0.4 is 5.56 Å². The van der Waals surface area contributed by atoms with Crippen molar-refractivity contribution in [2.75, 3.05) is 25.9 Å². The quantitative estimate of drug-likeness (QED) is 0.786. The van der Waals surface area contributed by atoms with Crippen molar-refractivity contribution in [1.29, 1.82) is 0 Å². The summed E-state index contributed by atoms with van der Waals surface area (Å²) < 4.78 is 52.0. The molecular weight excluding hydrogens is 414 g/mol. The van der Waals surface area contributed by atoms with Gasteiger partial charge in [-0.2, -0.15) is 4.31 Å². The smallest absolute Gasteiger partial charge is 0.255 e. The van der Waals surface area contributed by atoms with Crippen LogP contribution in [0.5, 0.6) is 0 Å². The lowest BCUT2D eigenvalue weighted by molar-refractivity contribution is 0.194. The maximum Gasteiger partial charge on any atom is 0.255 e. The maximum atomic E-state index is 14.0. The van der Waals surface area contributed by atoms with Crippen molar-refractivity contribution in [3.8, 4) is 0 Å². The molecule has 4 rings (SSSR count). The third-order valence-corrected chi connectivity index (χ3v) is 7.07. The Bertz CT molecular complexity index is 1120.